The number of alkyl halides is 3. The third-order valence-corrected chi connectivity index (χ3v) is 2.77. The highest BCUT2D eigenvalue weighted by atomic mass is 19.4. The third kappa shape index (κ3) is 4.09. The Morgan fingerprint density at radius 2 is 1.94 bits per heavy atom. The van der Waals surface area contributed by atoms with Gasteiger partial charge in [-0.15, -0.1) is 0 Å². The van der Waals surface area contributed by atoms with E-state index in [1.165, 1.54) is 7.05 Å². The number of hydrogen-bond acceptors (Lipinski definition) is 3. The molecule has 0 atom stereocenters. The lowest BCUT2D eigenvalue weighted by molar-refractivity contribution is -0.150. The number of halogens is 3. The summed E-state index contributed by atoms with van der Waals surface area (Å²) < 4.78 is 41.5. The average molecular weight is 239 g/mol. The van der Waals surface area contributed by atoms with Gasteiger partial charge in [-0.05, 0) is 19.9 Å². The van der Waals surface area contributed by atoms with Crippen LogP contribution in [0, 0.1) is 5.41 Å². The molecule has 0 amide bonds. The molecule has 0 bridgehead atoms. The molecule has 16 heavy (non-hydrogen) atoms. The normalized spacial score (nSPS) is 21.1. The van der Waals surface area contributed by atoms with Crippen molar-refractivity contribution in [2.75, 3.05) is 33.4 Å². The number of aldehydes is 1. The fourth-order valence-corrected chi connectivity index (χ4v) is 1.99. The van der Waals surface area contributed by atoms with Crippen molar-refractivity contribution in [1.82, 2.24) is 4.90 Å². The highest BCUT2D eigenvalue weighted by molar-refractivity contribution is 5.60. The van der Waals surface area contributed by atoms with Crippen molar-refractivity contribution in [2.24, 2.45) is 5.41 Å². The van der Waals surface area contributed by atoms with E-state index in [9.17, 15) is 18.0 Å². The maximum Gasteiger partial charge on any atom is 0.401 e. The van der Waals surface area contributed by atoms with Crippen LogP contribution in [-0.4, -0.2) is 50.7 Å². The summed E-state index contributed by atoms with van der Waals surface area (Å²) in [5, 5.41) is 0. The summed E-state index contributed by atoms with van der Waals surface area (Å²) in [5.41, 5.74) is -0.668. The molecule has 6 heteroatoms. The van der Waals surface area contributed by atoms with Gasteiger partial charge >= 0.3 is 6.18 Å². The van der Waals surface area contributed by atoms with Crippen LogP contribution in [0.5, 0.6) is 0 Å². The SMILES string of the molecule is CN(CC(F)(F)F)CC1(C=O)CCOCC1. The van der Waals surface area contributed by atoms with Crippen LogP contribution in [0.15, 0.2) is 0 Å². The minimum Gasteiger partial charge on any atom is -0.381 e. The molecule has 0 aromatic carbocycles. The molecule has 1 fully saturated rings. The number of nitrogens with zero attached hydrogens (tertiary/aromatic N) is 1. The van der Waals surface area contributed by atoms with E-state index in [1.54, 1.807) is 0 Å². The first kappa shape index (κ1) is 13.4. The number of ether oxygens (including phenoxy) is 1. The fraction of sp³-hybridized carbons (Fsp3) is 0.900. The Bertz CT molecular complexity index is 237. The zero-order chi connectivity index (χ0) is 12.2. The molecule has 0 spiro atoms. The molecule has 0 N–H and O–H groups in total. The molecule has 1 aliphatic heterocycles. The van der Waals surface area contributed by atoms with E-state index in [4.69, 9.17) is 4.74 Å². The maximum atomic E-state index is 12.1. The molecule has 0 radical (unpaired) electrons. The van der Waals surface area contributed by atoms with Gasteiger partial charge in [0.15, 0.2) is 0 Å². The lowest BCUT2D eigenvalue weighted by Crippen LogP contribution is -2.44. The highest BCUT2D eigenvalue weighted by Gasteiger charge is 2.36. The summed E-state index contributed by atoms with van der Waals surface area (Å²) in [6.07, 6.45) is -2.44. The van der Waals surface area contributed by atoms with Crippen molar-refractivity contribution in [3.63, 3.8) is 0 Å². The Kier molecular flexibility index (Phi) is 4.32. The van der Waals surface area contributed by atoms with Crippen LogP contribution in [-0.2, 0) is 9.53 Å². The Labute approximate surface area is 92.5 Å². The second kappa shape index (κ2) is 5.14. The number of hydrogen-bond donors (Lipinski definition) is 0. The quantitative estimate of drug-likeness (QED) is 0.696. The van der Waals surface area contributed by atoms with Crippen LogP contribution in [0.2, 0.25) is 0 Å². The molecule has 0 aromatic rings. The average Bonchev–Trinajstić information content (AvgIpc) is 2.16. The summed E-state index contributed by atoms with van der Waals surface area (Å²) in [6.45, 7) is 0.0417. The molecule has 1 heterocycles. The zero-order valence-electron chi connectivity index (χ0n) is 9.22. The minimum atomic E-state index is -4.22. The van der Waals surface area contributed by atoms with Crippen LogP contribution in [0.1, 0.15) is 12.8 Å². The zero-order valence-corrected chi connectivity index (χ0v) is 9.22. The second-order valence-electron chi connectivity index (χ2n) is 4.38. The lowest BCUT2D eigenvalue weighted by atomic mass is 9.81. The number of carbonyl (C=O) groups is 1. The maximum absolute atomic E-state index is 12.1. The molecule has 1 rings (SSSR count). The van der Waals surface area contributed by atoms with Gasteiger partial charge in [0.2, 0.25) is 0 Å². The summed E-state index contributed by atoms with van der Waals surface area (Å²) in [6, 6.07) is 0. The van der Waals surface area contributed by atoms with E-state index >= 15 is 0 Å². The first-order chi connectivity index (χ1) is 7.37. The lowest BCUT2D eigenvalue weighted by Gasteiger charge is -2.35. The predicted molar refractivity (Wildman–Crippen MR) is 52.1 cm³/mol. The van der Waals surface area contributed by atoms with E-state index in [1.807, 2.05) is 0 Å². The van der Waals surface area contributed by atoms with Gasteiger partial charge in [0.1, 0.15) is 6.29 Å². The van der Waals surface area contributed by atoms with Crippen molar-refractivity contribution < 1.29 is 22.7 Å². The van der Waals surface area contributed by atoms with Gasteiger partial charge in [0.05, 0.1) is 6.54 Å². The molecular formula is C10H16F3NO2. The molecule has 1 saturated heterocycles. The second-order valence-corrected chi connectivity index (χ2v) is 4.38. The Balaban J connectivity index is 2.52. The molecule has 94 valence electrons. The molecule has 0 unspecified atom stereocenters. The summed E-state index contributed by atoms with van der Waals surface area (Å²) in [7, 11) is 1.38. The standard InChI is InChI=1S/C10H16F3NO2/c1-14(7-10(11,12)13)6-9(8-15)2-4-16-5-3-9/h8H,2-7H2,1H3. The smallest absolute Gasteiger partial charge is 0.381 e. The molecule has 0 saturated carbocycles. The first-order valence-corrected chi connectivity index (χ1v) is 5.16. The number of carbonyl (C=O) groups excluding carboxylic acids is 1. The van der Waals surface area contributed by atoms with Crippen molar-refractivity contribution in [3.05, 3.63) is 0 Å². The Morgan fingerprint density at radius 3 is 2.38 bits per heavy atom. The van der Waals surface area contributed by atoms with Crippen molar-refractivity contribution in [3.8, 4) is 0 Å². The van der Waals surface area contributed by atoms with E-state index in [0.717, 1.165) is 11.2 Å². The van der Waals surface area contributed by atoms with Crippen LogP contribution < -0.4 is 0 Å². The topological polar surface area (TPSA) is 29.5 Å². The van der Waals surface area contributed by atoms with Gasteiger partial charge in [-0.3, -0.25) is 4.90 Å². The summed E-state index contributed by atoms with van der Waals surface area (Å²) in [4.78, 5) is 12.2. The summed E-state index contributed by atoms with van der Waals surface area (Å²) >= 11 is 0. The van der Waals surface area contributed by atoms with Gasteiger partial charge in [0, 0.05) is 25.2 Å². The molecule has 0 aromatic heterocycles. The molecule has 0 aliphatic carbocycles. The van der Waals surface area contributed by atoms with Crippen LogP contribution in [0.3, 0.4) is 0 Å². The van der Waals surface area contributed by atoms with Crippen molar-refractivity contribution in [2.45, 2.75) is 19.0 Å². The molecule has 3 nitrogen and oxygen atoms in total. The van der Waals surface area contributed by atoms with Crippen LogP contribution >= 0.6 is 0 Å². The van der Waals surface area contributed by atoms with Gasteiger partial charge < -0.3 is 9.53 Å². The Morgan fingerprint density at radius 1 is 1.38 bits per heavy atom. The predicted octanol–water partition coefficient (Wildman–Crippen LogP) is 1.48. The first-order valence-electron chi connectivity index (χ1n) is 5.16. The monoisotopic (exact) mass is 239 g/mol. The van der Waals surface area contributed by atoms with E-state index in [0.29, 0.717) is 26.1 Å². The number of rotatable bonds is 4. The van der Waals surface area contributed by atoms with Crippen LogP contribution in [0.25, 0.3) is 0 Å². The fourth-order valence-electron chi connectivity index (χ4n) is 1.99. The van der Waals surface area contributed by atoms with Crippen molar-refractivity contribution >= 4 is 6.29 Å². The largest absolute Gasteiger partial charge is 0.401 e. The van der Waals surface area contributed by atoms with Gasteiger partial charge in [0.25, 0.3) is 0 Å². The van der Waals surface area contributed by atoms with Gasteiger partial charge in [-0.1, -0.05) is 0 Å². The van der Waals surface area contributed by atoms with E-state index < -0.39 is 18.1 Å². The molecular weight excluding hydrogens is 223 g/mol. The minimum absolute atomic E-state index is 0.138. The Hall–Kier alpha value is -0.620. The van der Waals surface area contributed by atoms with Gasteiger partial charge in [-0.25, -0.2) is 0 Å². The van der Waals surface area contributed by atoms with E-state index in [2.05, 4.69) is 0 Å². The summed E-state index contributed by atoms with van der Waals surface area (Å²) in [5.74, 6) is 0. The highest BCUT2D eigenvalue weighted by Crippen LogP contribution is 2.29. The van der Waals surface area contributed by atoms with E-state index in [-0.39, 0.29) is 6.54 Å². The van der Waals surface area contributed by atoms with Gasteiger partial charge in [-0.2, -0.15) is 13.2 Å². The third-order valence-electron chi connectivity index (χ3n) is 2.77. The van der Waals surface area contributed by atoms with Crippen LogP contribution in [0.4, 0.5) is 13.2 Å². The molecule has 1 aliphatic rings. The van der Waals surface area contributed by atoms with Crippen molar-refractivity contribution in [1.29, 1.82) is 0 Å².